The van der Waals surface area contributed by atoms with Crippen molar-refractivity contribution in [3.05, 3.63) is 22.8 Å². The summed E-state index contributed by atoms with van der Waals surface area (Å²) >= 11 is 6.09. The van der Waals surface area contributed by atoms with Gasteiger partial charge in [0.25, 0.3) is 5.91 Å². The molecule has 0 saturated carbocycles. The Balaban J connectivity index is 2.08. The van der Waals surface area contributed by atoms with E-state index in [4.69, 9.17) is 11.6 Å². The summed E-state index contributed by atoms with van der Waals surface area (Å²) in [5.41, 5.74) is 0.573. The second-order valence-electron chi connectivity index (χ2n) is 5.30. The average Bonchev–Trinajstić information content (AvgIpc) is 2.71. The highest BCUT2D eigenvalue weighted by Gasteiger charge is 2.21. The van der Waals surface area contributed by atoms with Crippen molar-refractivity contribution in [2.45, 2.75) is 32.6 Å². The van der Waals surface area contributed by atoms with Crippen LogP contribution in [-0.2, 0) is 0 Å². The molecule has 1 N–H and O–H groups in total. The van der Waals surface area contributed by atoms with E-state index in [1.165, 1.54) is 12.8 Å². The number of carbonyl (C=O) groups excluding carboxylic acids is 1. The number of carbonyl (C=O) groups is 1. The molecule has 2 heterocycles. The van der Waals surface area contributed by atoms with Crippen LogP contribution in [-0.4, -0.2) is 35.9 Å². The number of nitrogens with one attached hydrogen (secondary N) is 1. The third-order valence-electron chi connectivity index (χ3n) is 4.04. The predicted molar refractivity (Wildman–Crippen MR) is 82.3 cm³/mol. The predicted octanol–water partition coefficient (Wildman–Crippen LogP) is 3.43. The Morgan fingerprint density at radius 1 is 1.50 bits per heavy atom. The molecule has 110 valence electrons. The van der Waals surface area contributed by atoms with Gasteiger partial charge in [0.05, 0.1) is 10.6 Å². The lowest BCUT2D eigenvalue weighted by Gasteiger charge is -2.20. The molecule has 0 aromatic carbocycles. The van der Waals surface area contributed by atoms with Crippen LogP contribution in [0.5, 0.6) is 0 Å². The SMILES string of the molecule is CCC1CCCN(C(=O)c2cnc(NC)c(Cl)c2)CC1. The zero-order valence-corrected chi connectivity index (χ0v) is 12.9. The molecule has 0 spiro atoms. The van der Waals surface area contributed by atoms with E-state index in [9.17, 15) is 4.79 Å². The molecule has 2 rings (SSSR count). The molecular weight excluding hydrogens is 274 g/mol. The Morgan fingerprint density at radius 2 is 2.30 bits per heavy atom. The van der Waals surface area contributed by atoms with E-state index in [0.717, 1.165) is 31.8 Å². The van der Waals surface area contributed by atoms with Gasteiger partial charge in [-0.1, -0.05) is 24.9 Å². The van der Waals surface area contributed by atoms with E-state index in [1.807, 2.05) is 4.90 Å². The molecule has 1 aliphatic rings. The molecule has 1 atom stereocenters. The fraction of sp³-hybridized carbons (Fsp3) is 0.600. The lowest BCUT2D eigenvalue weighted by Crippen LogP contribution is -2.32. The number of hydrogen-bond acceptors (Lipinski definition) is 3. The molecule has 0 radical (unpaired) electrons. The summed E-state index contributed by atoms with van der Waals surface area (Å²) in [7, 11) is 1.76. The molecule has 1 saturated heterocycles. The Bertz CT molecular complexity index is 478. The average molecular weight is 296 g/mol. The van der Waals surface area contributed by atoms with Crippen molar-refractivity contribution in [3.63, 3.8) is 0 Å². The molecule has 1 unspecified atom stereocenters. The topological polar surface area (TPSA) is 45.2 Å². The summed E-state index contributed by atoms with van der Waals surface area (Å²) in [6.45, 7) is 3.89. The van der Waals surface area contributed by atoms with Crippen LogP contribution in [0.25, 0.3) is 0 Å². The number of pyridine rings is 1. The van der Waals surface area contributed by atoms with Crippen molar-refractivity contribution in [1.82, 2.24) is 9.88 Å². The number of nitrogens with zero attached hydrogens (tertiary/aromatic N) is 2. The Hall–Kier alpha value is -1.29. The van der Waals surface area contributed by atoms with Crippen LogP contribution >= 0.6 is 11.6 Å². The minimum Gasteiger partial charge on any atom is -0.372 e. The Labute approximate surface area is 125 Å². The first-order chi connectivity index (χ1) is 9.65. The van der Waals surface area contributed by atoms with Gasteiger partial charge in [0.15, 0.2) is 0 Å². The number of hydrogen-bond donors (Lipinski definition) is 1. The minimum absolute atomic E-state index is 0.0406. The zero-order valence-electron chi connectivity index (χ0n) is 12.2. The first-order valence-corrected chi connectivity index (χ1v) is 7.66. The highest BCUT2D eigenvalue weighted by molar-refractivity contribution is 6.33. The summed E-state index contributed by atoms with van der Waals surface area (Å²) < 4.78 is 0. The third-order valence-corrected chi connectivity index (χ3v) is 4.33. The van der Waals surface area contributed by atoms with Gasteiger partial charge >= 0.3 is 0 Å². The van der Waals surface area contributed by atoms with Gasteiger partial charge in [-0.2, -0.15) is 0 Å². The summed E-state index contributed by atoms with van der Waals surface area (Å²) in [6.07, 6.45) is 6.20. The fourth-order valence-corrected chi connectivity index (χ4v) is 2.96. The zero-order chi connectivity index (χ0) is 14.5. The standard InChI is InChI=1S/C15H22ClN3O/c1-3-11-5-4-7-19(8-6-11)15(20)12-9-13(16)14(17-2)18-10-12/h9-11H,3-8H2,1-2H3,(H,17,18). The Morgan fingerprint density at radius 3 is 2.95 bits per heavy atom. The van der Waals surface area contributed by atoms with Crippen molar-refractivity contribution < 1.29 is 4.79 Å². The van der Waals surface area contributed by atoms with E-state index in [-0.39, 0.29) is 5.91 Å². The lowest BCUT2D eigenvalue weighted by atomic mass is 9.98. The second-order valence-corrected chi connectivity index (χ2v) is 5.71. The van der Waals surface area contributed by atoms with E-state index in [2.05, 4.69) is 17.2 Å². The van der Waals surface area contributed by atoms with Crippen LogP contribution in [0.15, 0.2) is 12.3 Å². The maximum atomic E-state index is 12.5. The van der Waals surface area contributed by atoms with Crippen LogP contribution in [0, 0.1) is 5.92 Å². The summed E-state index contributed by atoms with van der Waals surface area (Å²) in [5.74, 6) is 1.39. The van der Waals surface area contributed by atoms with Crippen LogP contribution in [0.3, 0.4) is 0 Å². The number of aromatic nitrogens is 1. The van der Waals surface area contributed by atoms with E-state index >= 15 is 0 Å². The number of amides is 1. The van der Waals surface area contributed by atoms with Crippen LogP contribution in [0.1, 0.15) is 43.0 Å². The first kappa shape index (κ1) is 15.1. The number of halogens is 1. The molecule has 5 heteroatoms. The summed E-state index contributed by atoms with van der Waals surface area (Å²) in [4.78, 5) is 18.6. The first-order valence-electron chi connectivity index (χ1n) is 7.28. The smallest absolute Gasteiger partial charge is 0.255 e. The number of likely N-dealkylation sites (tertiary alicyclic amines) is 1. The summed E-state index contributed by atoms with van der Waals surface area (Å²) in [5, 5.41) is 3.38. The van der Waals surface area contributed by atoms with Gasteiger partial charge in [0.2, 0.25) is 0 Å². The van der Waals surface area contributed by atoms with Crippen molar-refractivity contribution in [1.29, 1.82) is 0 Å². The maximum Gasteiger partial charge on any atom is 0.255 e. The molecule has 1 aliphatic heterocycles. The van der Waals surface area contributed by atoms with E-state index in [0.29, 0.717) is 16.4 Å². The molecule has 1 fully saturated rings. The maximum absolute atomic E-state index is 12.5. The number of rotatable bonds is 3. The molecule has 1 aromatic rings. The fourth-order valence-electron chi connectivity index (χ4n) is 2.70. The highest BCUT2D eigenvalue weighted by atomic mass is 35.5. The quantitative estimate of drug-likeness (QED) is 0.929. The van der Waals surface area contributed by atoms with Crippen molar-refractivity contribution in [3.8, 4) is 0 Å². The van der Waals surface area contributed by atoms with Crippen molar-refractivity contribution >= 4 is 23.3 Å². The van der Waals surface area contributed by atoms with Crippen LogP contribution < -0.4 is 5.32 Å². The van der Waals surface area contributed by atoms with E-state index < -0.39 is 0 Å². The normalized spacial score (nSPS) is 19.6. The van der Waals surface area contributed by atoms with Gasteiger partial charge in [0, 0.05) is 26.3 Å². The highest BCUT2D eigenvalue weighted by Crippen LogP contribution is 2.23. The molecule has 1 aromatic heterocycles. The van der Waals surface area contributed by atoms with Crippen molar-refractivity contribution in [2.24, 2.45) is 5.92 Å². The minimum atomic E-state index is 0.0406. The second kappa shape index (κ2) is 6.93. The van der Waals surface area contributed by atoms with Gasteiger partial charge < -0.3 is 10.2 Å². The molecular formula is C15H22ClN3O. The summed E-state index contributed by atoms with van der Waals surface area (Å²) in [6, 6.07) is 1.70. The molecule has 0 aliphatic carbocycles. The van der Waals surface area contributed by atoms with Crippen molar-refractivity contribution in [2.75, 3.05) is 25.5 Å². The lowest BCUT2D eigenvalue weighted by molar-refractivity contribution is 0.0759. The number of anilines is 1. The third kappa shape index (κ3) is 3.42. The molecule has 4 nitrogen and oxygen atoms in total. The molecule has 20 heavy (non-hydrogen) atoms. The van der Waals surface area contributed by atoms with Gasteiger partial charge in [-0.05, 0) is 31.2 Å². The van der Waals surface area contributed by atoms with E-state index in [1.54, 1.807) is 19.3 Å². The molecule has 0 bridgehead atoms. The monoisotopic (exact) mass is 295 g/mol. The molecule has 1 amide bonds. The van der Waals surface area contributed by atoms with Gasteiger partial charge in [-0.25, -0.2) is 4.98 Å². The van der Waals surface area contributed by atoms with Gasteiger partial charge in [0.1, 0.15) is 5.82 Å². The Kier molecular flexibility index (Phi) is 5.24. The van der Waals surface area contributed by atoms with Gasteiger partial charge in [-0.15, -0.1) is 0 Å². The van der Waals surface area contributed by atoms with Crippen LogP contribution in [0.2, 0.25) is 5.02 Å². The van der Waals surface area contributed by atoms with Gasteiger partial charge in [-0.3, -0.25) is 4.79 Å². The largest absolute Gasteiger partial charge is 0.372 e. The van der Waals surface area contributed by atoms with Crippen LogP contribution in [0.4, 0.5) is 5.82 Å².